The minimum absolute atomic E-state index is 0.0316. The van der Waals surface area contributed by atoms with Crippen LogP contribution < -0.4 is 10.2 Å². The molecule has 0 saturated carbocycles. The summed E-state index contributed by atoms with van der Waals surface area (Å²) in [6, 6.07) is 14.1. The molecule has 3 amide bonds. The summed E-state index contributed by atoms with van der Waals surface area (Å²) < 4.78 is 12.9. The Bertz CT molecular complexity index is 1580. The molecular formula is C39H48BrN3O7. The van der Waals surface area contributed by atoms with Crippen LogP contribution in [-0.2, 0) is 28.7 Å². The number of carbonyl (C=O) groups excluding carboxylic acids is 4. The molecule has 268 valence electrons. The van der Waals surface area contributed by atoms with E-state index in [0.717, 1.165) is 16.8 Å². The number of allylic oxidation sites excluding steroid dienone is 1. The Morgan fingerprint density at radius 3 is 2.60 bits per heavy atom. The molecule has 0 aromatic heterocycles. The highest BCUT2D eigenvalue weighted by molar-refractivity contribution is 9.09. The number of nitrogens with one attached hydrogen (secondary N) is 1. The van der Waals surface area contributed by atoms with E-state index >= 15 is 0 Å². The van der Waals surface area contributed by atoms with Crippen LogP contribution >= 0.6 is 15.9 Å². The van der Waals surface area contributed by atoms with E-state index in [2.05, 4.69) is 34.4 Å². The number of halogens is 1. The molecule has 0 aliphatic carbocycles. The van der Waals surface area contributed by atoms with Crippen molar-refractivity contribution in [1.29, 1.82) is 0 Å². The molecule has 3 heterocycles. The van der Waals surface area contributed by atoms with E-state index in [-0.39, 0.29) is 55.2 Å². The van der Waals surface area contributed by atoms with Gasteiger partial charge in [-0.1, -0.05) is 70.5 Å². The number of alkyl halides is 1. The summed E-state index contributed by atoms with van der Waals surface area (Å²) in [4.78, 5) is 59.3. The van der Waals surface area contributed by atoms with E-state index in [1.54, 1.807) is 22.0 Å². The fourth-order valence-electron chi connectivity index (χ4n) is 7.73. The second-order valence-corrected chi connectivity index (χ2v) is 14.7. The lowest BCUT2D eigenvalue weighted by atomic mass is 9.70. The molecule has 2 aromatic carbocycles. The number of rotatable bonds is 17. The number of likely N-dealkylation sites (tertiary alicyclic amines) is 1. The molecule has 3 saturated heterocycles. The van der Waals surface area contributed by atoms with Crippen molar-refractivity contribution in [1.82, 2.24) is 10.2 Å². The Morgan fingerprint density at radius 2 is 1.90 bits per heavy atom. The summed E-state index contributed by atoms with van der Waals surface area (Å²) in [5, 5.41) is 12.3. The molecule has 3 aliphatic rings. The summed E-state index contributed by atoms with van der Waals surface area (Å²) in [6.45, 7) is 12.1. The maximum atomic E-state index is 14.9. The number of nitrogens with zero attached hydrogens (tertiary/aromatic N) is 2. The number of aryl methyl sites for hydroxylation is 2. The number of esters is 1. The van der Waals surface area contributed by atoms with Gasteiger partial charge in [0.1, 0.15) is 17.7 Å². The monoisotopic (exact) mass is 749 g/mol. The number of carbonyl (C=O) groups is 4. The van der Waals surface area contributed by atoms with Gasteiger partial charge in [0.15, 0.2) is 0 Å². The molecule has 10 nitrogen and oxygen atoms in total. The number of aliphatic hydroxyl groups excluding tert-OH is 1. The topological polar surface area (TPSA) is 125 Å². The van der Waals surface area contributed by atoms with Gasteiger partial charge < -0.3 is 29.7 Å². The molecule has 7 atom stereocenters. The fraction of sp³-hybridized carbons (Fsp3) is 0.487. The molecule has 11 heteroatoms. The number of amides is 3. The number of hydrogen-bond acceptors (Lipinski definition) is 7. The van der Waals surface area contributed by atoms with Crippen LogP contribution in [0.15, 0.2) is 73.8 Å². The highest BCUT2D eigenvalue weighted by Gasteiger charge is 2.77. The van der Waals surface area contributed by atoms with Gasteiger partial charge in [-0.05, 0) is 68.7 Å². The number of hydrogen-bond donors (Lipinski definition) is 2. The zero-order chi connectivity index (χ0) is 36.0. The Labute approximate surface area is 303 Å². The van der Waals surface area contributed by atoms with Crippen molar-refractivity contribution in [3.05, 3.63) is 90.5 Å². The lowest BCUT2D eigenvalue weighted by Gasteiger charge is -2.37. The number of anilines is 1. The first kappa shape index (κ1) is 37.5. The van der Waals surface area contributed by atoms with Gasteiger partial charge in [0.05, 0.1) is 24.5 Å². The Kier molecular flexibility index (Phi) is 12.3. The second-order valence-electron chi connectivity index (χ2n) is 13.5. The van der Waals surface area contributed by atoms with Gasteiger partial charge in [-0.15, -0.1) is 13.2 Å². The fourth-order valence-corrected chi connectivity index (χ4v) is 8.67. The first-order valence-electron chi connectivity index (χ1n) is 17.4. The third-order valence-electron chi connectivity index (χ3n) is 10.1. The first-order valence-corrected chi connectivity index (χ1v) is 18.3. The van der Waals surface area contributed by atoms with Crippen LogP contribution in [0.5, 0.6) is 0 Å². The molecule has 2 aromatic rings. The number of ether oxygens (including phenoxy) is 2. The standard InChI is InChI=1S/C39H48BrN3O7/c1-5-7-16-31(45)41-24-30(27-14-10-8-11-15-27)49-38(48)32-33-36(46)43(20-12-9-13-21-44)35(39(33)23-28(40)34(32)50-39)37(47)42(19-6-2)29-22-25(3)17-18-26(29)4/h5-6,8,10-11,14-15,17-18,22,28,30,32-35,44H,1-2,7,9,12-13,16,19-21,23-24H2,3-4H3,(H,41,45)/t28?,30-,32-,33+,34-,35-,39+/m1/s1. The highest BCUT2D eigenvalue weighted by atomic mass is 79.9. The van der Waals surface area contributed by atoms with E-state index in [1.807, 2.05) is 62.4 Å². The minimum atomic E-state index is -1.27. The smallest absolute Gasteiger partial charge is 0.313 e. The number of fused-ring (bicyclic) bond motifs is 1. The zero-order valence-electron chi connectivity index (χ0n) is 28.9. The normalized spacial score (nSPS) is 25.6. The van der Waals surface area contributed by atoms with E-state index in [0.29, 0.717) is 37.7 Å². The van der Waals surface area contributed by atoms with Crippen molar-refractivity contribution in [3.63, 3.8) is 0 Å². The molecule has 5 rings (SSSR count). The number of aliphatic hydroxyl groups is 1. The van der Waals surface area contributed by atoms with E-state index < -0.39 is 41.7 Å². The predicted octanol–water partition coefficient (Wildman–Crippen LogP) is 5.10. The Balaban J connectivity index is 1.49. The van der Waals surface area contributed by atoms with Crippen molar-refractivity contribution in [2.24, 2.45) is 11.8 Å². The Morgan fingerprint density at radius 1 is 1.14 bits per heavy atom. The third-order valence-corrected chi connectivity index (χ3v) is 10.9. The maximum absolute atomic E-state index is 14.9. The van der Waals surface area contributed by atoms with Gasteiger partial charge in [0.25, 0.3) is 5.91 Å². The molecular weight excluding hydrogens is 702 g/mol. The van der Waals surface area contributed by atoms with Gasteiger partial charge in [-0.25, -0.2) is 0 Å². The second kappa shape index (κ2) is 16.5. The molecule has 1 spiro atoms. The summed E-state index contributed by atoms with van der Waals surface area (Å²) in [5.74, 6) is -3.33. The van der Waals surface area contributed by atoms with Crippen molar-refractivity contribution in [2.75, 3.05) is 31.1 Å². The molecule has 50 heavy (non-hydrogen) atoms. The van der Waals surface area contributed by atoms with Crippen molar-refractivity contribution in [3.8, 4) is 0 Å². The SMILES string of the molecule is C=CCCC(=O)NC[C@@H](OC(=O)[C@H]1[C@@H]2O[C@@]3(CC2Br)[C@@H]1C(=O)N(CCCCCO)[C@@H]3C(=O)N(CC=C)c1cc(C)ccc1C)c1ccccc1. The number of benzene rings is 2. The minimum Gasteiger partial charge on any atom is -0.455 e. The van der Waals surface area contributed by atoms with Gasteiger partial charge in [0, 0.05) is 36.6 Å². The Hall–Kier alpha value is -3.80. The zero-order valence-corrected chi connectivity index (χ0v) is 30.5. The lowest BCUT2D eigenvalue weighted by molar-refractivity contribution is -0.160. The quantitative estimate of drug-likeness (QED) is 0.0999. The van der Waals surface area contributed by atoms with Crippen molar-refractivity contribution < 1.29 is 33.8 Å². The van der Waals surface area contributed by atoms with E-state index in [9.17, 15) is 24.3 Å². The molecule has 2 N–H and O–H groups in total. The van der Waals surface area contributed by atoms with Crippen LogP contribution in [0.3, 0.4) is 0 Å². The van der Waals surface area contributed by atoms with Crippen LogP contribution in [0.1, 0.15) is 61.3 Å². The van der Waals surface area contributed by atoms with Crippen LogP contribution in [-0.4, -0.2) is 82.5 Å². The van der Waals surface area contributed by atoms with Gasteiger partial charge in [-0.2, -0.15) is 0 Å². The largest absolute Gasteiger partial charge is 0.455 e. The molecule has 3 fully saturated rings. The molecule has 2 bridgehead atoms. The van der Waals surface area contributed by atoms with Crippen molar-refractivity contribution >= 4 is 45.3 Å². The lowest BCUT2D eigenvalue weighted by Crippen LogP contribution is -2.57. The predicted molar refractivity (Wildman–Crippen MR) is 195 cm³/mol. The summed E-state index contributed by atoms with van der Waals surface area (Å²) in [7, 11) is 0. The van der Waals surface area contributed by atoms with Gasteiger partial charge >= 0.3 is 5.97 Å². The van der Waals surface area contributed by atoms with Gasteiger partial charge in [0.2, 0.25) is 11.8 Å². The summed E-state index contributed by atoms with van der Waals surface area (Å²) in [6.07, 6.45) is 4.77. The summed E-state index contributed by atoms with van der Waals surface area (Å²) >= 11 is 3.75. The molecule has 0 radical (unpaired) electrons. The van der Waals surface area contributed by atoms with E-state index in [4.69, 9.17) is 9.47 Å². The van der Waals surface area contributed by atoms with E-state index in [1.165, 1.54) is 0 Å². The molecule has 1 unspecified atom stereocenters. The average molecular weight is 751 g/mol. The van der Waals surface area contributed by atoms with Crippen LogP contribution in [0.2, 0.25) is 0 Å². The highest BCUT2D eigenvalue weighted by Crippen LogP contribution is 2.60. The number of unbranched alkanes of at least 4 members (excludes halogenated alkanes) is 2. The van der Waals surface area contributed by atoms with Crippen molar-refractivity contribution in [2.45, 2.75) is 81.1 Å². The first-order chi connectivity index (χ1) is 24.1. The summed E-state index contributed by atoms with van der Waals surface area (Å²) in [5.41, 5.74) is 2.04. The average Bonchev–Trinajstić information content (AvgIpc) is 3.70. The van der Waals surface area contributed by atoms with Crippen LogP contribution in [0, 0.1) is 25.7 Å². The van der Waals surface area contributed by atoms with Crippen LogP contribution in [0.25, 0.3) is 0 Å². The molecule has 3 aliphatic heterocycles. The third kappa shape index (κ3) is 7.45. The van der Waals surface area contributed by atoms with Gasteiger partial charge in [-0.3, -0.25) is 19.2 Å². The van der Waals surface area contributed by atoms with Crippen LogP contribution in [0.4, 0.5) is 5.69 Å². The maximum Gasteiger partial charge on any atom is 0.313 e.